The van der Waals surface area contributed by atoms with Crippen LogP contribution in [0.15, 0.2) is 24.3 Å². The third-order valence-electron chi connectivity index (χ3n) is 4.79. The van der Waals surface area contributed by atoms with E-state index in [4.69, 9.17) is 14.2 Å². The van der Waals surface area contributed by atoms with Crippen molar-refractivity contribution in [1.29, 1.82) is 0 Å². The lowest BCUT2D eigenvalue weighted by molar-refractivity contribution is -0.117. The van der Waals surface area contributed by atoms with Gasteiger partial charge in [0.05, 0.1) is 26.9 Å². The summed E-state index contributed by atoms with van der Waals surface area (Å²) in [6, 6.07) is 5.97. The Morgan fingerprint density at radius 3 is 2.70 bits per heavy atom. The normalized spacial score (nSPS) is 17.5. The molecule has 0 bridgehead atoms. The van der Waals surface area contributed by atoms with E-state index in [2.05, 4.69) is 24.1 Å². The molecule has 0 radical (unpaired) electrons. The minimum Gasteiger partial charge on any atom is -0.493 e. The van der Waals surface area contributed by atoms with E-state index in [-0.39, 0.29) is 18.0 Å². The van der Waals surface area contributed by atoms with Gasteiger partial charge in [-0.1, -0.05) is 13.0 Å². The highest BCUT2D eigenvalue weighted by Gasteiger charge is 2.22. The van der Waals surface area contributed by atoms with Crippen LogP contribution in [-0.2, 0) is 9.53 Å². The molecule has 150 valence electrons. The van der Waals surface area contributed by atoms with Crippen LogP contribution in [0.3, 0.4) is 0 Å². The number of amides is 1. The molecule has 1 amide bonds. The van der Waals surface area contributed by atoms with Crippen LogP contribution < -0.4 is 14.8 Å². The van der Waals surface area contributed by atoms with Crippen molar-refractivity contribution in [3.05, 3.63) is 29.8 Å². The van der Waals surface area contributed by atoms with Crippen molar-refractivity contribution in [3.63, 3.8) is 0 Å². The number of morpholine rings is 1. The van der Waals surface area contributed by atoms with Crippen molar-refractivity contribution in [2.45, 2.75) is 39.3 Å². The molecular weight excluding hydrogens is 344 g/mol. The van der Waals surface area contributed by atoms with Crippen LogP contribution in [-0.4, -0.2) is 62.9 Å². The molecule has 2 unspecified atom stereocenters. The first kappa shape index (κ1) is 21.3. The van der Waals surface area contributed by atoms with Crippen molar-refractivity contribution in [1.82, 2.24) is 10.2 Å². The molecule has 1 aromatic rings. The largest absolute Gasteiger partial charge is 0.493 e. The summed E-state index contributed by atoms with van der Waals surface area (Å²) in [6.45, 7) is 10.2. The number of hydrogen-bond acceptors (Lipinski definition) is 5. The topological polar surface area (TPSA) is 60.0 Å². The second-order valence-corrected chi connectivity index (χ2v) is 6.78. The van der Waals surface area contributed by atoms with Gasteiger partial charge in [-0.15, -0.1) is 0 Å². The number of carbonyl (C=O) groups is 1. The summed E-state index contributed by atoms with van der Waals surface area (Å²) in [7, 11) is 1.61. The van der Waals surface area contributed by atoms with E-state index in [1.807, 2.05) is 25.1 Å². The van der Waals surface area contributed by atoms with Crippen LogP contribution in [0.1, 0.15) is 32.8 Å². The molecule has 0 spiro atoms. The molecule has 1 N–H and O–H groups in total. The molecule has 2 atom stereocenters. The van der Waals surface area contributed by atoms with Crippen molar-refractivity contribution in [3.8, 4) is 11.5 Å². The van der Waals surface area contributed by atoms with Crippen molar-refractivity contribution in [2.75, 3.05) is 40.0 Å². The molecule has 0 aliphatic carbocycles. The fourth-order valence-electron chi connectivity index (χ4n) is 2.99. The Kier molecular flexibility index (Phi) is 8.61. The Labute approximate surface area is 162 Å². The van der Waals surface area contributed by atoms with Gasteiger partial charge in [-0.25, -0.2) is 0 Å². The van der Waals surface area contributed by atoms with E-state index < -0.39 is 0 Å². The molecule has 1 aliphatic rings. The molecule has 2 rings (SSSR count). The first-order valence-corrected chi connectivity index (χ1v) is 9.66. The van der Waals surface area contributed by atoms with E-state index >= 15 is 0 Å². The van der Waals surface area contributed by atoms with Gasteiger partial charge < -0.3 is 19.5 Å². The number of carbonyl (C=O) groups excluding carboxylic acids is 1. The lowest BCUT2D eigenvalue weighted by Crippen LogP contribution is -2.51. The molecular formula is C21H32N2O4. The van der Waals surface area contributed by atoms with Crippen LogP contribution in [0.25, 0.3) is 6.08 Å². The SMILES string of the molecule is CCCOc1ccc(/C=C/C(=O)NC(C)C(C)N2CCOCC2)cc1OC. The Morgan fingerprint density at radius 2 is 2.04 bits per heavy atom. The zero-order chi connectivity index (χ0) is 19.6. The quantitative estimate of drug-likeness (QED) is 0.672. The number of benzene rings is 1. The fourth-order valence-corrected chi connectivity index (χ4v) is 2.99. The van der Waals surface area contributed by atoms with Crippen molar-refractivity contribution >= 4 is 12.0 Å². The average Bonchev–Trinajstić information content (AvgIpc) is 2.70. The number of nitrogens with one attached hydrogen (secondary N) is 1. The number of methoxy groups -OCH3 is 1. The average molecular weight is 376 g/mol. The molecule has 6 nitrogen and oxygen atoms in total. The molecule has 1 saturated heterocycles. The highest BCUT2D eigenvalue weighted by Crippen LogP contribution is 2.28. The summed E-state index contributed by atoms with van der Waals surface area (Å²) < 4.78 is 16.4. The Balaban J connectivity index is 1.91. The number of ether oxygens (including phenoxy) is 3. The number of nitrogens with zero attached hydrogens (tertiary/aromatic N) is 1. The molecule has 1 aliphatic heterocycles. The predicted octanol–water partition coefficient (Wildman–Crippen LogP) is 2.72. The number of rotatable bonds is 9. The minimum atomic E-state index is -0.104. The summed E-state index contributed by atoms with van der Waals surface area (Å²) >= 11 is 0. The molecule has 0 saturated carbocycles. The summed E-state index contributed by atoms with van der Waals surface area (Å²) in [5.74, 6) is 1.28. The van der Waals surface area contributed by atoms with Crippen LogP contribution in [0.4, 0.5) is 0 Å². The monoisotopic (exact) mass is 376 g/mol. The first-order chi connectivity index (χ1) is 13.0. The van der Waals surface area contributed by atoms with Gasteiger partial charge in [-0.3, -0.25) is 9.69 Å². The van der Waals surface area contributed by atoms with Crippen LogP contribution in [0.5, 0.6) is 11.5 Å². The Hall–Kier alpha value is -2.05. The minimum absolute atomic E-state index is 0.0552. The third-order valence-corrected chi connectivity index (χ3v) is 4.79. The summed E-state index contributed by atoms with van der Waals surface area (Å²) in [6.07, 6.45) is 4.28. The van der Waals surface area contributed by atoms with Gasteiger partial charge in [0.1, 0.15) is 0 Å². The fraction of sp³-hybridized carbons (Fsp3) is 0.571. The first-order valence-electron chi connectivity index (χ1n) is 9.66. The van der Waals surface area contributed by atoms with E-state index in [1.54, 1.807) is 19.3 Å². The van der Waals surface area contributed by atoms with E-state index in [0.717, 1.165) is 38.3 Å². The maximum Gasteiger partial charge on any atom is 0.244 e. The van der Waals surface area contributed by atoms with Gasteiger partial charge in [-0.05, 0) is 44.0 Å². The van der Waals surface area contributed by atoms with Gasteiger partial charge in [0.25, 0.3) is 0 Å². The molecule has 1 fully saturated rings. The van der Waals surface area contributed by atoms with Gasteiger partial charge in [0.15, 0.2) is 11.5 Å². The third kappa shape index (κ3) is 6.56. The molecule has 1 heterocycles. The highest BCUT2D eigenvalue weighted by atomic mass is 16.5. The van der Waals surface area contributed by atoms with Gasteiger partial charge in [-0.2, -0.15) is 0 Å². The standard InChI is InChI=1S/C21H32N2O4/c1-5-12-27-19-8-6-18(15-20(19)25-4)7-9-21(24)22-16(2)17(3)23-10-13-26-14-11-23/h6-9,15-17H,5,10-14H2,1-4H3,(H,22,24)/b9-7+. The maximum absolute atomic E-state index is 12.3. The number of hydrogen-bond donors (Lipinski definition) is 1. The van der Waals surface area contributed by atoms with Gasteiger partial charge in [0.2, 0.25) is 5.91 Å². The van der Waals surface area contributed by atoms with Crippen molar-refractivity contribution in [2.24, 2.45) is 0 Å². The summed E-state index contributed by atoms with van der Waals surface area (Å²) in [5.41, 5.74) is 0.889. The Bertz CT molecular complexity index is 627. The smallest absolute Gasteiger partial charge is 0.244 e. The lowest BCUT2D eigenvalue weighted by atomic mass is 10.1. The zero-order valence-corrected chi connectivity index (χ0v) is 16.9. The van der Waals surface area contributed by atoms with Crippen LogP contribution in [0, 0.1) is 0 Å². The molecule has 27 heavy (non-hydrogen) atoms. The van der Waals surface area contributed by atoms with E-state index in [0.29, 0.717) is 18.1 Å². The zero-order valence-electron chi connectivity index (χ0n) is 16.9. The van der Waals surface area contributed by atoms with Crippen molar-refractivity contribution < 1.29 is 19.0 Å². The second-order valence-electron chi connectivity index (χ2n) is 6.78. The summed E-state index contributed by atoms with van der Waals surface area (Å²) in [4.78, 5) is 14.6. The van der Waals surface area contributed by atoms with E-state index in [1.165, 1.54) is 0 Å². The lowest BCUT2D eigenvalue weighted by Gasteiger charge is -2.35. The second kappa shape index (κ2) is 10.9. The maximum atomic E-state index is 12.3. The van der Waals surface area contributed by atoms with Gasteiger partial charge in [0, 0.05) is 31.2 Å². The molecule has 6 heteroatoms. The van der Waals surface area contributed by atoms with E-state index in [9.17, 15) is 4.79 Å². The summed E-state index contributed by atoms with van der Waals surface area (Å²) in [5, 5.41) is 3.05. The van der Waals surface area contributed by atoms with Crippen LogP contribution >= 0.6 is 0 Å². The highest BCUT2D eigenvalue weighted by molar-refractivity contribution is 5.92. The van der Waals surface area contributed by atoms with Gasteiger partial charge >= 0.3 is 0 Å². The van der Waals surface area contributed by atoms with Crippen LogP contribution in [0.2, 0.25) is 0 Å². The molecule has 1 aromatic carbocycles. The predicted molar refractivity (Wildman–Crippen MR) is 107 cm³/mol. The Morgan fingerprint density at radius 1 is 1.30 bits per heavy atom. The molecule has 0 aromatic heterocycles.